The van der Waals surface area contributed by atoms with E-state index in [1.54, 1.807) is 18.2 Å². The van der Waals surface area contributed by atoms with E-state index in [0.29, 0.717) is 11.1 Å². The highest BCUT2D eigenvalue weighted by molar-refractivity contribution is 6.01. The maximum atomic E-state index is 13.9. The monoisotopic (exact) mass is 327 g/mol. The number of nitrogens with zero attached hydrogens (tertiary/aromatic N) is 1. The molecule has 0 saturated heterocycles. The fraction of sp³-hybridized carbons (Fsp3) is 0.0588. The van der Waals surface area contributed by atoms with Gasteiger partial charge in [0.15, 0.2) is 5.75 Å². The molecule has 1 aromatic heterocycles. The van der Waals surface area contributed by atoms with Gasteiger partial charge < -0.3 is 20.8 Å². The first-order valence-electron chi connectivity index (χ1n) is 7.09. The summed E-state index contributed by atoms with van der Waals surface area (Å²) in [7, 11) is 0. The summed E-state index contributed by atoms with van der Waals surface area (Å²) < 4.78 is 13.9. The maximum Gasteiger partial charge on any atom is 0.221 e. The molecule has 3 aromatic rings. The molecule has 0 aliphatic rings. The molecule has 24 heavy (non-hydrogen) atoms. The Bertz CT molecular complexity index is 944. The predicted octanol–water partition coefficient (Wildman–Crippen LogP) is 3.49. The molecule has 0 aliphatic carbocycles. The summed E-state index contributed by atoms with van der Waals surface area (Å²) in [4.78, 5) is 15.3. The molecule has 1 amide bonds. The van der Waals surface area contributed by atoms with Gasteiger partial charge in [0.05, 0.1) is 11.4 Å². The summed E-state index contributed by atoms with van der Waals surface area (Å²) in [6, 6.07) is 8.60. The van der Waals surface area contributed by atoms with E-state index >= 15 is 0 Å². The molecule has 0 atom stereocenters. The second-order valence-corrected chi connectivity index (χ2v) is 5.19. The minimum Gasteiger partial charge on any atom is -0.508 e. The highest BCUT2D eigenvalue weighted by Crippen LogP contribution is 2.36. The number of hydrogen-bond donors (Lipinski definition) is 4. The SMILES string of the molecule is CC(=O)Nc1ccc2c(Nc3ccc(O)cc3F)ccnc2c1O. The van der Waals surface area contributed by atoms with Gasteiger partial charge in [0.1, 0.15) is 17.1 Å². The molecule has 7 heteroatoms. The van der Waals surface area contributed by atoms with Crippen molar-refractivity contribution in [2.75, 3.05) is 10.6 Å². The van der Waals surface area contributed by atoms with Gasteiger partial charge in [0, 0.05) is 30.3 Å². The van der Waals surface area contributed by atoms with E-state index in [4.69, 9.17) is 0 Å². The Morgan fingerprint density at radius 1 is 1.08 bits per heavy atom. The number of phenolic OH excluding ortho intramolecular Hbond substituents is 2. The van der Waals surface area contributed by atoms with Crippen LogP contribution in [0, 0.1) is 5.82 Å². The molecule has 0 spiro atoms. The van der Waals surface area contributed by atoms with Crippen molar-refractivity contribution < 1.29 is 19.4 Å². The van der Waals surface area contributed by atoms with Gasteiger partial charge in [-0.25, -0.2) is 4.39 Å². The van der Waals surface area contributed by atoms with Crippen LogP contribution in [-0.4, -0.2) is 21.1 Å². The third-order valence-corrected chi connectivity index (χ3v) is 3.42. The van der Waals surface area contributed by atoms with Crippen molar-refractivity contribution in [1.29, 1.82) is 0 Å². The van der Waals surface area contributed by atoms with E-state index in [2.05, 4.69) is 15.6 Å². The van der Waals surface area contributed by atoms with Crippen LogP contribution >= 0.6 is 0 Å². The zero-order chi connectivity index (χ0) is 17.3. The molecule has 2 aromatic carbocycles. The fourth-order valence-corrected chi connectivity index (χ4v) is 2.35. The first-order valence-corrected chi connectivity index (χ1v) is 7.09. The number of carbonyl (C=O) groups excluding carboxylic acids is 1. The number of benzene rings is 2. The Morgan fingerprint density at radius 2 is 1.83 bits per heavy atom. The number of aromatic hydroxyl groups is 2. The fourth-order valence-electron chi connectivity index (χ4n) is 2.35. The van der Waals surface area contributed by atoms with Crippen LogP contribution in [0.4, 0.5) is 21.5 Å². The van der Waals surface area contributed by atoms with Gasteiger partial charge in [0.25, 0.3) is 0 Å². The topological polar surface area (TPSA) is 94.5 Å². The van der Waals surface area contributed by atoms with Crippen molar-refractivity contribution in [2.24, 2.45) is 0 Å². The average molecular weight is 327 g/mol. The molecular weight excluding hydrogens is 313 g/mol. The normalized spacial score (nSPS) is 10.6. The van der Waals surface area contributed by atoms with Crippen molar-refractivity contribution in [2.45, 2.75) is 6.92 Å². The van der Waals surface area contributed by atoms with Gasteiger partial charge in [0.2, 0.25) is 5.91 Å². The van der Waals surface area contributed by atoms with E-state index < -0.39 is 5.82 Å². The van der Waals surface area contributed by atoms with E-state index in [1.807, 2.05) is 0 Å². The number of nitrogens with one attached hydrogen (secondary N) is 2. The summed E-state index contributed by atoms with van der Waals surface area (Å²) in [6.45, 7) is 1.34. The molecule has 6 nitrogen and oxygen atoms in total. The molecule has 4 N–H and O–H groups in total. The number of pyridine rings is 1. The smallest absolute Gasteiger partial charge is 0.221 e. The van der Waals surface area contributed by atoms with Gasteiger partial charge in [-0.3, -0.25) is 9.78 Å². The van der Waals surface area contributed by atoms with E-state index in [1.165, 1.54) is 25.3 Å². The quantitative estimate of drug-likeness (QED) is 0.436. The summed E-state index contributed by atoms with van der Waals surface area (Å²) in [5.41, 5.74) is 1.21. The van der Waals surface area contributed by atoms with Crippen LogP contribution in [0.1, 0.15) is 6.92 Å². The third-order valence-electron chi connectivity index (χ3n) is 3.42. The molecule has 0 fully saturated rings. The van der Waals surface area contributed by atoms with Crippen LogP contribution in [0.25, 0.3) is 10.9 Å². The number of anilines is 3. The van der Waals surface area contributed by atoms with Crippen molar-refractivity contribution in [3.63, 3.8) is 0 Å². The van der Waals surface area contributed by atoms with Crippen LogP contribution in [-0.2, 0) is 4.79 Å². The van der Waals surface area contributed by atoms with Gasteiger partial charge >= 0.3 is 0 Å². The summed E-state index contributed by atoms with van der Waals surface area (Å²) in [5.74, 6) is -1.27. The van der Waals surface area contributed by atoms with Crippen molar-refractivity contribution in [3.05, 3.63) is 48.4 Å². The average Bonchev–Trinajstić information content (AvgIpc) is 2.53. The molecule has 1 heterocycles. The van der Waals surface area contributed by atoms with Crippen LogP contribution in [0.5, 0.6) is 11.5 Å². The van der Waals surface area contributed by atoms with E-state index in [0.717, 1.165) is 6.07 Å². The second-order valence-electron chi connectivity index (χ2n) is 5.19. The summed E-state index contributed by atoms with van der Waals surface area (Å²) in [6.07, 6.45) is 1.46. The first-order chi connectivity index (χ1) is 11.5. The number of rotatable bonds is 3. The Hall–Kier alpha value is -3.35. The molecule has 0 radical (unpaired) electrons. The van der Waals surface area contributed by atoms with Gasteiger partial charge in [-0.2, -0.15) is 0 Å². The molecule has 3 rings (SSSR count). The largest absolute Gasteiger partial charge is 0.508 e. The number of phenols is 2. The third kappa shape index (κ3) is 2.91. The van der Waals surface area contributed by atoms with Crippen molar-refractivity contribution >= 4 is 33.9 Å². The van der Waals surface area contributed by atoms with Crippen molar-refractivity contribution in [3.8, 4) is 11.5 Å². The number of fused-ring (bicyclic) bond motifs is 1. The molecule has 0 saturated carbocycles. The molecule has 0 unspecified atom stereocenters. The minimum absolute atomic E-state index is 0.169. The number of hydrogen-bond acceptors (Lipinski definition) is 5. The van der Waals surface area contributed by atoms with Crippen LogP contribution in [0.15, 0.2) is 42.6 Å². The standard InChI is InChI=1S/C17H14FN3O3/c1-9(22)20-15-5-3-11-13(6-7-19-16(11)17(15)24)21-14-4-2-10(23)8-12(14)18/h2-8,23-24H,1H3,(H,19,21)(H,20,22). The maximum absolute atomic E-state index is 13.9. The molecular formula is C17H14FN3O3. The minimum atomic E-state index is -0.612. The lowest BCUT2D eigenvalue weighted by molar-refractivity contribution is -0.114. The van der Waals surface area contributed by atoms with Crippen LogP contribution in [0.3, 0.4) is 0 Å². The Kier molecular flexibility index (Phi) is 3.91. The number of halogens is 1. The second kappa shape index (κ2) is 6.04. The van der Waals surface area contributed by atoms with E-state index in [-0.39, 0.29) is 34.3 Å². The zero-order valence-corrected chi connectivity index (χ0v) is 12.7. The Labute approximate surface area is 136 Å². The molecule has 0 bridgehead atoms. The predicted molar refractivity (Wildman–Crippen MR) is 89.1 cm³/mol. The summed E-state index contributed by atoms with van der Waals surface area (Å²) in [5, 5.41) is 25.5. The van der Waals surface area contributed by atoms with Crippen molar-refractivity contribution in [1.82, 2.24) is 4.98 Å². The lowest BCUT2D eigenvalue weighted by atomic mass is 10.1. The highest BCUT2D eigenvalue weighted by atomic mass is 19.1. The van der Waals surface area contributed by atoms with Crippen LogP contribution in [0.2, 0.25) is 0 Å². The van der Waals surface area contributed by atoms with E-state index in [9.17, 15) is 19.4 Å². The zero-order valence-electron chi connectivity index (χ0n) is 12.7. The Balaban J connectivity index is 2.06. The van der Waals surface area contributed by atoms with Gasteiger partial charge in [-0.1, -0.05) is 0 Å². The number of carbonyl (C=O) groups is 1. The lowest BCUT2D eigenvalue weighted by Gasteiger charge is -2.13. The molecule has 122 valence electrons. The van der Waals surface area contributed by atoms with Gasteiger partial charge in [-0.05, 0) is 30.3 Å². The Morgan fingerprint density at radius 3 is 2.54 bits per heavy atom. The van der Waals surface area contributed by atoms with Gasteiger partial charge in [-0.15, -0.1) is 0 Å². The van der Waals surface area contributed by atoms with Crippen LogP contribution < -0.4 is 10.6 Å². The number of amides is 1. The summed E-state index contributed by atoms with van der Waals surface area (Å²) >= 11 is 0. The molecule has 0 aliphatic heterocycles. The lowest BCUT2D eigenvalue weighted by Crippen LogP contribution is -2.06. The highest BCUT2D eigenvalue weighted by Gasteiger charge is 2.12. The number of aromatic nitrogens is 1. The first kappa shape index (κ1) is 15.5.